The fourth-order valence-corrected chi connectivity index (χ4v) is 4.15. The van der Waals surface area contributed by atoms with Crippen LogP contribution < -0.4 is 10.9 Å². The van der Waals surface area contributed by atoms with Crippen LogP contribution in [-0.4, -0.2) is 22.4 Å². The molecule has 27 heavy (non-hydrogen) atoms. The highest BCUT2D eigenvalue weighted by atomic mass is 32.1. The largest absolute Gasteiger partial charge is 0.351 e. The molecular formula is C21H21N3O2S. The van der Waals surface area contributed by atoms with Crippen LogP contribution in [0.5, 0.6) is 0 Å². The molecule has 3 aromatic rings. The number of hydrogen-bond donors (Lipinski definition) is 2. The number of nitrogens with zero attached hydrogens (tertiary/aromatic N) is 1. The smallest absolute Gasteiger partial charge is 0.261 e. The van der Waals surface area contributed by atoms with Crippen molar-refractivity contribution >= 4 is 17.2 Å². The topological polar surface area (TPSA) is 74.8 Å². The average molecular weight is 379 g/mol. The number of aromatic amines is 1. The van der Waals surface area contributed by atoms with Crippen molar-refractivity contribution in [2.45, 2.75) is 25.7 Å². The molecule has 0 fully saturated rings. The lowest BCUT2D eigenvalue weighted by Gasteiger charge is -2.14. The Labute approximate surface area is 161 Å². The monoisotopic (exact) mass is 379 g/mol. The van der Waals surface area contributed by atoms with Crippen LogP contribution in [0.15, 0.2) is 52.6 Å². The summed E-state index contributed by atoms with van der Waals surface area (Å²) in [4.78, 5) is 33.1. The highest BCUT2D eigenvalue weighted by Gasteiger charge is 2.21. The summed E-state index contributed by atoms with van der Waals surface area (Å²) in [6, 6.07) is 13.4. The van der Waals surface area contributed by atoms with E-state index < -0.39 is 0 Å². The second-order valence-corrected chi connectivity index (χ2v) is 7.78. The summed E-state index contributed by atoms with van der Waals surface area (Å²) in [5, 5.41) is 4.93. The van der Waals surface area contributed by atoms with Crippen LogP contribution in [0.3, 0.4) is 0 Å². The van der Waals surface area contributed by atoms with E-state index in [4.69, 9.17) is 4.98 Å². The molecule has 1 aliphatic rings. The Morgan fingerprint density at radius 2 is 1.96 bits per heavy atom. The SMILES string of the molecule is O=C(NCC1CCc2nc(-c3ccccc3)[nH]c(=O)c2CC1)c1cccs1. The minimum Gasteiger partial charge on any atom is -0.351 e. The number of hydrogen-bond acceptors (Lipinski definition) is 4. The van der Waals surface area contributed by atoms with Crippen molar-refractivity contribution in [2.75, 3.05) is 6.54 Å². The number of rotatable bonds is 4. The molecule has 0 aliphatic heterocycles. The number of amides is 1. The van der Waals surface area contributed by atoms with E-state index in [1.807, 2.05) is 47.8 Å². The van der Waals surface area contributed by atoms with Gasteiger partial charge in [-0.15, -0.1) is 11.3 Å². The van der Waals surface area contributed by atoms with Crippen LogP contribution in [0.25, 0.3) is 11.4 Å². The Morgan fingerprint density at radius 1 is 1.15 bits per heavy atom. The Balaban J connectivity index is 1.46. The molecule has 0 spiro atoms. The number of aromatic nitrogens is 2. The van der Waals surface area contributed by atoms with Crippen molar-refractivity contribution in [2.24, 2.45) is 5.92 Å². The minimum atomic E-state index is -0.0397. The normalized spacial score (nSPS) is 16.4. The first-order valence-electron chi connectivity index (χ1n) is 9.20. The zero-order valence-electron chi connectivity index (χ0n) is 14.9. The summed E-state index contributed by atoms with van der Waals surface area (Å²) in [5.74, 6) is 0.959. The van der Waals surface area contributed by atoms with Gasteiger partial charge < -0.3 is 10.3 Å². The molecule has 5 nitrogen and oxygen atoms in total. The van der Waals surface area contributed by atoms with Gasteiger partial charge in [-0.2, -0.15) is 0 Å². The molecule has 6 heteroatoms. The number of carbonyl (C=O) groups excluding carboxylic acids is 1. The average Bonchev–Trinajstić information content (AvgIpc) is 3.15. The molecule has 2 N–H and O–H groups in total. The number of H-pyrrole nitrogens is 1. The van der Waals surface area contributed by atoms with E-state index in [2.05, 4.69) is 10.3 Å². The highest BCUT2D eigenvalue weighted by molar-refractivity contribution is 7.12. The molecule has 138 valence electrons. The molecule has 1 aromatic carbocycles. The molecule has 2 heterocycles. The van der Waals surface area contributed by atoms with Crippen molar-refractivity contribution in [1.82, 2.24) is 15.3 Å². The maximum Gasteiger partial charge on any atom is 0.261 e. The molecular weight excluding hydrogens is 358 g/mol. The first-order valence-corrected chi connectivity index (χ1v) is 10.1. The molecule has 0 saturated heterocycles. The summed E-state index contributed by atoms with van der Waals surface area (Å²) in [6.45, 7) is 0.633. The molecule has 0 radical (unpaired) electrons. The predicted octanol–water partition coefficient (Wildman–Crippen LogP) is 3.42. The van der Waals surface area contributed by atoms with Gasteiger partial charge in [0.1, 0.15) is 5.82 Å². The molecule has 0 saturated carbocycles. The van der Waals surface area contributed by atoms with Crippen LogP contribution in [0.1, 0.15) is 33.8 Å². The van der Waals surface area contributed by atoms with E-state index in [9.17, 15) is 9.59 Å². The van der Waals surface area contributed by atoms with E-state index in [1.165, 1.54) is 11.3 Å². The van der Waals surface area contributed by atoms with Gasteiger partial charge in [-0.25, -0.2) is 4.98 Å². The van der Waals surface area contributed by atoms with E-state index in [0.717, 1.165) is 41.0 Å². The van der Waals surface area contributed by atoms with Crippen molar-refractivity contribution in [1.29, 1.82) is 0 Å². The Bertz CT molecular complexity index is 980. The number of aryl methyl sites for hydroxylation is 1. The number of benzene rings is 1. The zero-order valence-corrected chi connectivity index (χ0v) is 15.7. The quantitative estimate of drug-likeness (QED) is 0.682. The maximum atomic E-state index is 12.6. The zero-order chi connectivity index (χ0) is 18.6. The van der Waals surface area contributed by atoms with Crippen molar-refractivity contribution < 1.29 is 4.79 Å². The van der Waals surface area contributed by atoms with Crippen LogP contribution in [0, 0.1) is 5.92 Å². The Hall–Kier alpha value is -2.73. The number of fused-ring (bicyclic) bond motifs is 1. The van der Waals surface area contributed by atoms with Crippen LogP contribution in [-0.2, 0) is 12.8 Å². The number of thiophene rings is 1. The standard InChI is InChI=1S/C21H21N3O2S/c25-20-16-10-8-14(13-22-21(26)18-7-4-12-27-18)9-11-17(16)23-19(24-20)15-5-2-1-3-6-15/h1-7,12,14H,8-11,13H2,(H,22,26)(H,23,24,25). The second kappa shape index (κ2) is 7.88. The summed E-state index contributed by atoms with van der Waals surface area (Å²) in [7, 11) is 0. The summed E-state index contributed by atoms with van der Waals surface area (Å²) in [5.41, 5.74) is 2.56. The van der Waals surface area contributed by atoms with Gasteiger partial charge in [0.25, 0.3) is 11.5 Å². The lowest BCUT2D eigenvalue weighted by Crippen LogP contribution is -2.29. The third-order valence-electron chi connectivity index (χ3n) is 5.04. The fourth-order valence-electron chi connectivity index (χ4n) is 3.51. The van der Waals surface area contributed by atoms with Gasteiger partial charge in [-0.05, 0) is 43.0 Å². The van der Waals surface area contributed by atoms with Gasteiger partial charge in [0.05, 0.1) is 10.6 Å². The Kier molecular flexibility index (Phi) is 5.16. The molecule has 4 rings (SSSR count). The van der Waals surface area contributed by atoms with E-state index in [-0.39, 0.29) is 11.5 Å². The van der Waals surface area contributed by atoms with Gasteiger partial charge in [-0.1, -0.05) is 36.4 Å². The van der Waals surface area contributed by atoms with E-state index >= 15 is 0 Å². The van der Waals surface area contributed by atoms with Crippen LogP contribution in [0.2, 0.25) is 0 Å². The van der Waals surface area contributed by atoms with Gasteiger partial charge >= 0.3 is 0 Å². The van der Waals surface area contributed by atoms with E-state index in [1.54, 1.807) is 0 Å². The lowest BCUT2D eigenvalue weighted by atomic mass is 10.00. The highest BCUT2D eigenvalue weighted by Crippen LogP contribution is 2.23. The van der Waals surface area contributed by atoms with Gasteiger partial charge in [0.2, 0.25) is 0 Å². The van der Waals surface area contributed by atoms with Crippen molar-refractivity contribution in [3.63, 3.8) is 0 Å². The number of carbonyl (C=O) groups is 1. The van der Waals surface area contributed by atoms with Crippen molar-refractivity contribution in [3.8, 4) is 11.4 Å². The minimum absolute atomic E-state index is 0.0194. The second-order valence-electron chi connectivity index (χ2n) is 6.84. The Morgan fingerprint density at radius 3 is 2.74 bits per heavy atom. The summed E-state index contributed by atoms with van der Waals surface area (Å²) >= 11 is 1.45. The molecule has 0 bridgehead atoms. The van der Waals surface area contributed by atoms with Gasteiger partial charge in [0, 0.05) is 17.7 Å². The molecule has 1 amide bonds. The first-order chi connectivity index (χ1) is 13.2. The fraction of sp³-hybridized carbons (Fsp3) is 0.286. The lowest BCUT2D eigenvalue weighted by molar-refractivity contribution is 0.0950. The third-order valence-corrected chi connectivity index (χ3v) is 5.91. The molecule has 1 unspecified atom stereocenters. The van der Waals surface area contributed by atoms with Crippen LogP contribution in [0.4, 0.5) is 0 Å². The summed E-state index contributed by atoms with van der Waals surface area (Å²) in [6.07, 6.45) is 3.26. The van der Waals surface area contributed by atoms with E-state index in [0.29, 0.717) is 24.7 Å². The molecule has 1 aliphatic carbocycles. The van der Waals surface area contributed by atoms with Crippen LogP contribution >= 0.6 is 11.3 Å². The van der Waals surface area contributed by atoms with Gasteiger partial charge in [-0.3, -0.25) is 9.59 Å². The third kappa shape index (κ3) is 4.01. The molecule has 2 aromatic heterocycles. The number of nitrogens with one attached hydrogen (secondary N) is 2. The predicted molar refractivity (Wildman–Crippen MR) is 107 cm³/mol. The van der Waals surface area contributed by atoms with Gasteiger partial charge in [0.15, 0.2) is 0 Å². The molecule has 1 atom stereocenters. The maximum absolute atomic E-state index is 12.6. The first kappa shape index (κ1) is 17.7. The summed E-state index contributed by atoms with van der Waals surface area (Å²) < 4.78 is 0. The van der Waals surface area contributed by atoms with Crippen molar-refractivity contribution in [3.05, 3.63) is 74.3 Å².